The van der Waals surface area contributed by atoms with Crippen molar-refractivity contribution in [1.29, 1.82) is 0 Å². The van der Waals surface area contributed by atoms with E-state index in [-0.39, 0.29) is 5.41 Å². The molecule has 0 aromatic heterocycles. The fourth-order valence-corrected chi connectivity index (χ4v) is 2.41. The maximum atomic E-state index is 11.9. The van der Waals surface area contributed by atoms with Crippen molar-refractivity contribution in [2.24, 2.45) is 11.3 Å². The zero-order valence-electron chi connectivity index (χ0n) is 8.12. The summed E-state index contributed by atoms with van der Waals surface area (Å²) in [4.78, 5) is 13.7. The molecule has 2 fully saturated rings. The zero-order valence-corrected chi connectivity index (χ0v) is 8.12. The largest absolute Gasteiger partial charge is 0.345 e. The average molecular weight is 183 g/mol. The summed E-state index contributed by atoms with van der Waals surface area (Å²) >= 11 is 0. The minimum Gasteiger partial charge on any atom is -0.345 e. The number of hydrazine groups is 1. The second-order valence-corrected chi connectivity index (χ2v) is 4.29. The Kier molecular flexibility index (Phi) is 2.04. The van der Waals surface area contributed by atoms with Gasteiger partial charge < -0.3 is 4.90 Å². The standard InChI is InChI=1S/C9H17N3O/c1-11-5-2-9(8(11)13)3-6-12(10)7-4-9/h2-7,10H2,1H3. The Bertz CT molecular complexity index is 221. The molecule has 0 aromatic rings. The van der Waals surface area contributed by atoms with Gasteiger partial charge in [0.25, 0.3) is 0 Å². The Balaban J connectivity index is 2.09. The number of rotatable bonds is 0. The first-order chi connectivity index (χ1) is 6.14. The molecular weight excluding hydrogens is 166 g/mol. The quantitative estimate of drug-likeness (QED) is 0.529. The Morgan fingerprint density at radius 1 is 1.23 bits per heavy atom. The fourth-order valence-electron chi connectivity index (χ4n) is 2.41. The van der Waals surface area contributed by atoms with Crippen LogP contribution in [0, 0.1) is 5.41 Å². The van der Waals surface area contributed by atoms with E-state index in [0.717, 1.165) is 38.9 Å². The van der Waals surface area contributed by atoms with Crippen LogP contribution in [0.1, 0.15) is 19.3 Å². The summed E-state index contributed by atoms with van der Waals surface area (Å²) in [5, 5.41) is 1.82. The van der Waals surface area contributed by atoms with Crippen LogP contribution in [0.5, 0.6) is 0 Å². The summed E-state index contributed by atoms with van der Waals surface area (Å²) in [5.74, 6) is 6.01. The average Bonchev–Trinajstić information content (AvgIpc) is 2.40. The van der Waals surface area contributed by atoms with E-state index in [1.54, 1.807) is 0 Å². The van der Waals surface area contributed by atoms with Gasteiger partial charge in [0.05, 0.1) is 5.41 Å². The van der Waals surface area contributed by atoms with Gasteiger partial charge in [0.2, 0.25) is 5.91 Å². The first-order valence-corrected chi connectivity index (χ1v) is 4.89. The van der Waals surface area contributed by atoms with Gasteiger partial charge in [0.1, 0.15) is 0 Å². The first kappa shape index (κ1) is 8.97. The Hall–Kier alpha value is -0.610. The normalized spacial score (nSPS) is 28.8. The van der Waals surface area contributed by atoms with Crippen LogP contribution in [-0.4, -0.2) is 42.5 Å². The minimum atomic E-state index is -0.0510. The first-order valence-electron chi connectivity index (χ1n) is 4.89. The molecule has 0 unspecified atom stereocenters. The van der Waals surface area contributed by atoms with E-state index < -0.39 is 0 Å². The van der Waals surface area contributed by atoms with Gasteiger partial charge in [0.15, 0.2) is 0 Å². The summed E-state index contributed by atoms with van der Waals surface area (Å²) in [6, 6.07) is 0. The molecule has 4 heteroatoms. The number of nitrogens with two attached hydrogens (primary N) is 1. The topological polar surface area (TPSA) is 49.6 Å². The van der Waals surface area contributed by atoms with Crippen molar-refractivity contribution < 1.29 is 4.79 Å². The van der Waals surface area contributed by atoms with Gasteiger partial charge in [0, 0.05) is 26.7 Å². The number of hydrogen-bond acceptors (Lipinski definition) is 3. The van der Waals surface area contributed by atoms with Crippen molar-refractivity contribution >= 4 is 5.91 Å². The highest BCUT2D eigenvalue weighted by molar-refractivity contribution is 5.84. The van der Waals surface area contributed by atoms with Gasteiger partial charge in [-0.2, -0.15) is 0 Å². The van der Waals surface area contributed by atoms with E-state index in [1.165, 1.54) is 0 Å². The summed E-state index contributed by atoms with van der Waals surface area (Å²) in [6.07, 6.45) is 2.90. The Labute approximate surface area is 78.6 Å². The molecule has 0 atom stereocenters. The molecule has 0 bridgehead atoms. The maximum absolute atomic E-state index is 11.9. The lowest BCUT2D eigenvalue weighted by molar-refractivity contribution is -0.137. The Morgan fingerprint density at radius 3 is 2.23 bits per heavy atom. The minimum absolute atomic E-state index is 0.0510. The van der Waals surface area contributed by atoms with Crippen molar-refractivity contribution in [3.63, 3.8) is 0 Å². The van der Waals surface area contributed by atoms with E-state index in [4.69, 9.17) is 5.84 Å². The molecule has 0 aromatic carbocycles. The summed E-state index contributed by atoms with van der Waals surface area (Å²) in [5.41, 5.74) is -0.0510. The van der Waals surface area contributed by atoms with Crippen LogP contribution >= 0.6 is 0 Å². The van der Waals surface area contributed by atoms with E-state index >= 15 is 0 Å². The second-order valence-electron chi connectivity index (χ2n) is 4.29. The third kappa shape index (κ3) is 1.34. The third-order valence-corrected chi connectivity index (χ3v) is 3.48. The fraction of sp³-hybridized carbons (Fsp3) is 0.889. The molecule has 4 nitrogen and oxygen atoms in total. The highest BCUT2D eigenvalue weighted by atomic mass is 16.2. The Morgan fingerprint density at radius 2 is 1.77 bits per heavy atom. The predicted octanol–water partition coefficient (Wildman–Crippen LogP) is -0.196. The summed E-state index contributed by atoms with van der Waals surface area (Å²) in [7, 11) is 1.89. The molecular formula is C9H17N3O. The van der Waals surface area contributed by atoms with Crippen LogP contribution in [-0.2, 0) is 4.79 Å². The van der Waals surface area contributed by atoms with E-state index in [2.05, 4.69) is 0 Å². The highest BCUT2D eigenvalue weighted by Gasteiger charge is 2.46. The number of nitrogens with zero attached hydrogens (tertiary/aromatic N) is 2. The van der Waals surface area contributed by atoms with Crippen molar-refractivity contribution in [3.8, 4) is 0 Å². The molecule has 2 saturated heterocycles. The number of carbonyl (C=O) groups excluding carboxylic acids is 1. The van der Waals surface area contributed by atoms with Crippen LogP contribution in [0.4, 0.5) is 0 Å². The molecule has 0 saturated carbocycles. The lowest BCUT2D eigenvalue weighted by Gasteiger charge is -2.35. The monoisotopic (exact) mass is 183 g/mol. The predicted molar refractivity (Wildman–Crippen MR) is 49.7 cm³/mol. The number of carbonyl (C=O) groups is 1. The van der Waals surface area contributed by atoms with Crippen LogP contribution in [0.2, 0.25) is 0 Å². The summed E-state index contributed by atoms with van der Waals surface area (Å²) in [6.45, 7) is 2.64. The van der Waals surface area contributed by atoms with Gasteiger partial charge in [-0.25, -0.2) is 5.01 Å². The molecule has 0 aliphatic carbocycles. The molecule has 2 N–H and O–H groups in total. The number of piperidine rings is 1. The zero-order chi connectivity index (χ0) is 9.47. The van der Waals surface area contributed by atoms with Crippen molar-refractivity contribution in [1.82, 2.24) is 9.91 Å². The van der Waals surface area contributed by atoms with Crippen LogP contribution in [0.15, 0.2) is 0 Å². The summed E-state index contributed by atoms with van der Waals surface area (Å²) < 4.78 is 0. The third-order valence-electron chi connectivity index (χ3n) is 3.48. The SMILES string of the molecule is CN1CCC2(CCN(N)CC2)C1=O. The van der Waals surface area contributed by atoms with Gasteiger partial charge in [-0.1, -0.05) is 0 Å². The van der Waals surface area contributed by atoms with Crippen LogP contribution < -0.4 is 5.84 Å². The van der Waals surface area contributed by atoms with E-state index in [1.807, 2.05) is 17.0 Å². The van der Waals surface area contributed by atoms with E-state index in [9.17, 15) is 4.79 Å². The van der Waals surface area contributed by atoms with Gasteiger partial charge >= 0.3 is 0 Å². The smallest absolute Gasteiger partial charge is 0.228 e. The van der Waals surface area contributed by atoms with Gasteiger partial charge in [-0.3, -0.25) is 10.6 Å². The van der Waals surface area contributed by atoms with E-state index in [0.29, 0.717) is 5.91 Å². The molecule has 1 spiro atoms. The number of likely N-dealkylation sites (tertiary alicyclic amines) is 1. The molecule has 2 rings (SSSR count). The van der Waals surface area contributed by atoms with Crippen molar-refractivity contribution in [2.75, 3.05) is 26.7 Å². The molecule has 1 amide bonds. The molecule has 2 heterocycles. The lowest BCUT2D eigenvalue weighted by Crippen LogP contribution is -2.46. The van der Waals surface area contributed by atoms with Gasteiger partial charge in [-0.05, 0) is 19.3 Å². The molecule has 74 valence electrons. The number of amides is 1. The van der Waals surface area contributed by atoms with Gasteiger partial charge in [-0.15, -0.1) is 0 Å². The maximum Gasteiger partial charge on any atom is 0.228 e. The lowest BCUT2D eigenvalue weighted by atomic mass is 9.77. The van der Waals surface area contributed by atoms with Crippen molar-refractivity contribution in [3.05, 3.63) is 0 Å². The molecule has 13 heavy (non-hydrogen) atoms. The molecule has 2 aliphatic rings. The van der Waals surface area contributed by atoms with Crippen molar-refractivity contribution in [2.45, 2.75) is 19.3 Å². The van der Waals surface area contributed by atoms with Crippen LogP contribution in [0.3, 0.4) is 0 Å². The molecule has 2 aliphatic heterocycles. The second kappa shape index (κ2) is 2.96. The van der Waals surface area contributed by atoms with Crippen LogP contribution in [0.25, 0.3) is 0 Å². The number of hydrogen-bond donors (Lipinski definition) is 1. The highest BCUT2D eigenvalue weighted by Crippen LogP contribution is 2.40. The molecule has 0 radical (unpaired) electrons.